The van der Waals surface area contributed by atoms with Gasteiger partial charge in [0.25, 0.3) is 0 Å². The lowest BCUT2D eigenvalue weighted by molar-refractivity contribution is 0.190. The summed E-state index contributed by atoms with van der Waals surface area (Å²) in [5.74, 6) is 1.12. The van der Waals surface area contributed by atoms with Crippen molar-refractivity contribution in [1.82, 2.24) is 19.8 Å². The average molecular weight is 349 g/mol. The van der Waals surface area contributed by atoms with E-state index < -0.39 is 0 Å². The van der Waals surface area contributed by atoms with Crippen LogP contribution in [-0.2, 0) is 7.05 Å². The summed E-state index contributed by atoms with van der Waals surface area (Å²) in [6.07, 6.45) is 0. The summed E-state index contributed by atoms with van der Waals surface area (Å²) in [5, 5.41) is 3.46. The molecule has 1 aliphatic heterocycles. The maximum absolute atomic E-state index is 5.01. The van der Waals surface area contributed by atoms with E-state index in [1.54, 1.807) is 0 Å². The number of hydrogen-bond donors (Lipinski definition) is 1. The van der Waals surface area contributed by atoms with Gasteiger partial charge in [-0.2, -0.15) is 0 Å². The summed E-state index contributed by atoms with van der Waals surface area (Å²) in [6, 6.07) is 17.5. The number of para-hydroxylation sites is 2. The number of fused-ring (bicyclic) bond motifs is 1. The number of aryl methyl sites for hydroxylation is 1. The number of nitrogens with zero attached hydrogens (tertiary/aromatic N) is 4. The van der Waals surface area contributed by atoms with Crippen LogP contribution in [0.2, 0.25) is 0 Å². The molecule has 5 heteroatoms. The Labute approximate surface area is 155 Å². The number of rotatable bonds is 4. The molecule has 1 saturated heterocycles. The van der Waals surface area contributed by atoms with Gasteiger partial charge in [-0.05, 0) is 29.8 Å². The normalized spacial score (nSPS) is 16.7. The van der Waals surface area contributed by atoms with Gasteiger partial charge in [-0.1, -0.05) is 24.3 Å². The molecule has 2 aromatic carbocycles. The third-order valence-electron chi connectivity index (χ3n) is 5.31. The Hall–Kier alpha value is -2.37. The summed E-state index contributed by atoms with van der Waals surface area (Å²) in [6.45, 7) is 4.11. The number of nitrogens with one attached hydrogen (secondary N) is 1. The molecule has 0 aliphatic carbocycles. The van der Waals surface area contributed by atoms with Crippen LogP contribution in [0.1, 0.15) is 17.4 Å². The largest absolute Gasteiger partial charge is 0.378 e. The second kappa shape index (κ2) is 7.09. The Morgan fingerprint density at radius 1 is 1.00 bits per heavy atom. The summed E-state index contributed by atoms with van der Waals surface area (Å²) in [5.41, 5.74) is 4.77. The summed E-state index contributed by atoms with van der Waals surface area (Å²) < 4.78 is 2.25. The molecule has 3 aromatic rings. The first kappa shape index (κ1) is 17.1. The van der Waals surface area contributed by atoms with E-state index in [-0.39, 0.29) is 6.04 Å². The highest BCUT2D eigenvalue weighted by atomic mass is 15.2. The molecule has 1 aromatic heterocycles. The average Bonchev–Trinajstić information content (AvgIpc) is 3.00. The van der Waals surface area contributed by atoms with Crippen LogP contribution < -0.4 is 10.2 Å². The van der Waals surface area contributed by atoms with Crippen molar-refractivity contribution >= 4 is 16.7 Å². The van der Waals surface area contributed by atoms with Crippen LogP contribution in [0, 0.1) is 0 Å². The van der Waals surface area contributed by atoms with E-state index in [1.807, 2.05) is 0 Å². The van der Waals surface area contributed by atoms with Gasteiger partial charge in [0.05, 0.1) is 17.1 Å². The lowest BCUT2D eigenvalue weighted by Crippen LogP contribution is -2.46. The van der Waals surface area contributed by atoms with Crippen LogP contribution >= 0.6 is 0 Å². The first-order valence-corrected chi connectivity index (χ1v) is 9.28. The van der Waals surface area contributed by atoms with E-state index >= 15 is 0 Å². The standard InChI is InChI=1S/C21H27N5/c1-24(2)17-10-8-16(9-11-17)20(26-14-12-22-13-15-26)21-23-18-6-4-5-7-19(18)25(21)3/h4-11,20,22H,12-15H2,1-3H3. The van der Waals surface area contributed by atoms with Crippen molar-refractivity contribution in [2.75, 3.05) is 45.2 Å². The zero-order chi connectivity index (χ0) is 18.1. The molecular formula is C21H27N5. The topological polar surface area (TPSA) is 36.3 Å². The van der Waals surface area contributed by atoms with E-state index in [4.69, 9.17) is 4.98 Å². The first-order valence-electron chi connectivity index (χ1n) is 9.28. The van der Waals surface area contributed by atoms with Gasteiger partial charge in [-0.15, -0.1) is 0 Å². The predicted molar refractivity (Wildman–Crippen MR) is 108 cm³/mol. The van der Waals surface area contributed by atoms with Crippen molar-refractivity contribution in [3.8, 4) is 0 Å². The Kier molecular flexibility index (Phi) is 4.66. The molecule has 26 heavy (non-hydrogen) atoms. The number of hydrogen-bond acceptors (Lipinski definition) is 4. The molecule has 0 saturated carbocycles. The van der Waals surface area contributed by atoms with Gasteiger partial charge in [0.15, 0.2) is 0 Å². The fraction of sp³-hybridized carbons (Fsp3) is 0.381. The first-order chi connectivity index (χ1) is 12.6. The van der Waals surface area contributed by atoms with Crippen LogP contribution in [0.15, 0.2) is 48.5 Å². The maximum atomic E-state index is 5.01. The molecule has 1 fully saturated rings. The molecule has 5 nitrogen and oxygen atoms in total. The molecule has 1 N–H and O–H groups in total. The van der Waals surface area contributed by atoms with Gasteiger partial charge in [0.2, 0.25) is 0 Å². The van der Waals surface area contributed by atoms with Crippen molar-refractivity contribution in [3.05, 3.63) is 59.9 Å². The minimum Gasteiger partial charge on any atom is -0.378 e. The fourth-order valence-corrected chi connectivity index (χ4v) is 3.83. The highest BCUT2D eigenvalue weighted by Crippen LogP contribution is 2.31. The number of anilines is 1. The lowest BCUT2D eigenvalue weighted by atomic mass is 10.0. The van der Waals surface area contributed by atoms with Gasteiger partial charge in [0, 0.05) is 53.0 Å². The number of imidazole rings is 1. The molecule has 1 aliphatic rings. The van der Waals surface area contributed by atoms with Gasteiger partial charge in [-0.25, -0.2) is 4.98 Å². The molecule has 0 amide bonds. The lowest BCUT2D eigenvalue weighted by Gasteiger charge is -2.35. The maximum Gasteiger partial charge on any atom is 0.131 e. The third kappa shape index (κ3) is 3.08. The van der Waals surface area contributed by atoms with Gasteiger partial charge in [-0.3, -0.25) is 4.90 Å². The van der Waals surface area contributed by atoms with E-state index in [0.717, 1.165) is 37.5 Å². The zero-order valence-corrected chi connectivity index (χ0v) is 15.8. The summed E-state index contributed by atoms with van der Waals surface area (Å²) in [4.78, 5) is 9.69. The molecular weight excluding hydrogens is 322 g/mol. The Bertz CT molecular complexity index is 875. The van der Waals surface area contributed by atoms with Crippen LogP contribution in [0.25, 0.3) is 11.0 Å². The van der Waals surface area contributed by atoms with E-state index in [1.165, 1.54) is 16.8 Å². The van der Waals surface area contributed by atoms with E-state index in [9.17, 15) is 0 Å². The smallest absolute Gasteiger partial charge is 0.131 e. The van der Waals surface area contributed by atoms with Crippen molar-refractivity contribution in [1.29, 1.82) is 0 Å². The zero-order valence-electron chi connectivity index (χ0n) is 15.8. The number of aromatic nitrogens is 2. The molecule has 0 bridgehead atoms. The summed E-state index contributed by atoms with van der Waals surface area (Å²) in [7, 11) is 6.29. The number of piperazine rings is 1. The second-order valence-electron chi connectivity index (χ2n) is 7.19. The van der Waals surface area contributed by atoms with Crippen LogP contribution in [0.3, 0.4) is 0 Å². The highest BCUT2D eigenvalue weighted by molar-refractivity contribution is 5.76. The minimum absolute atomic E-state index is 0.172. The second-order valence-corrected chi connectivity index (χ2v) is 7.19. The number of benzene rings is 2. The minimum atomic E-state index is 0.172. The van der Waals surface area contributed by atoms with Crippen molar-refractivity contribution in [3.63, 3.8) is 0 Å². The molecule has 2 heterocycles. The van der Waals surface area contributed by atoms with Crippen molar-refractivity contribution < 1.29 is 0 Å². The van der Waals surface area contributed by atoms with Gasteiger partial charge >= 0.3 is 0 Å². The summed E-state index contributed by atoms with van der Waals surface area (Å²) >= 11 is 0. The molecule has 1 atom stereocenters. The third-order valence-corrected chi connectivity index (χ3v) is 5.31. The fourth-order valence-electron chi connectivity index (χ4n) is 3.83. The van der Waals surface area contributed by atoms with Gasteiger partial charge < -0.3 is 14.8 Å². The SMILES string of the molecule is CN(C)c1ccc(C(c2nc3ccccc3n2C)N2CCNCC2)cc1. The quantitative estimate of drug-likeness (QED) is 0.786. The molecule has 136 valence electrons. The molecule has 1 unspecified atom stereocenters. The van der Waals surface area contributed by atoms with Crippen molar-refractivity contribution in [2.24, 2.45) is 7.05 Å². The predicted octanol–water partition coefficient (Wildman–Crippen LogP) is 2.63. The van der Waals surface area contributed by atoms with Crippen molar-refractivity contribution in [2.45, 2.75) is 6.04 Å². The molecule has 0 radical (unpaired) electrons. The van der Waals surface area contributed by atoms with Crippen LogP contribution in [0.4, 0.5) is 5.69 Å². The Morgan fingerprint density at radius 2 is 1.69 bits per heavy atom. The Morgan fingerprint density at radius 3 is 2.35 bits per heavy atom. The van der Waals surface area contributed by atoms with Crippen LogP contribution in [0.5, 0.6) is 0 Å². The van der Waals surface area contributed by atoms with Crippen LogP contribution in [-0.4, -0.2) is 54.7 Å². The molecule has 4 rings (SSSR count). The van der Waals surface area contributed by atoms with E-state index in [0.29, 0.717) is 0 Å². The van der Waals surface area contributed by atoms with Gasteiger partial charge in [0.1, 0.15) is 5.82 Å². The highest BCUT2D eigenvalue weighted by Gasteiger charge is 2.28. The monoisotopic (exact) mass is 349 g/mol. The van der Waals surface area contributed by atoms with E-state index in [2.05, 4.69) is 89.4 Å². The Balaban J connectivity index is 1.80. The molecule has 0 spiro atoms.